The molecular formula is C16H17N3O. The van der Waals surface area contributed by atoms with Crippen LogP contribution in [-0.2, 0) is 13.0 Å². The molecule has 0 aromatic carbocycles. The maximum atomic E-state index is 12.0. The maximum Gasteiger partial charge on any atom is 0.253 e. The van der Waals surface area contributed by atoms with Gasteiger partial charge in [-0.15, -0.1) is 0 Å². The number of hydrogen-bond acceptors (Lipinski definition) is 2. The highest BCUT2D eigenvalue weighted by Crippen LogP contribution is 2.35. The molecule has 1 N–H and O–H groups in total. The van der Waals surface area contributed by atoms with Crippen molar-refractivity contribution in [2.45, 2.75) is 25.8 Å². The molecule has 0 saturated heterocycles. The van der Waals surface area contributed by atoms with Crippen LogP contribution in [0.3, 0.4) is 0 Å². The van der Waals surface area contributed by atoms with E-state index in [1.54, 1.807) is 0 Å². The highest BCUT2D eigenvalue weighted by Gasteiger charge is 2.28. The number of amides is 1. The highest BCUT2D eigenvalue weighted by atomic mass is 16.1. The third kappa shape index (κ3) is 1.92. The van der Waals surface area contributed by atoms with E-state index in [1.165, 1.54) is 18.5 Å². The summed E-state index contributed by atoms with van der Waals surface area (Å²) in [4.78, 5) is 16.1. The fourth-order valence-corrected chi connectivity index (χ4v) is 2.97. The molecule has 3 heterocycles. The zero-order chi connectivity index (χ0) is 13.5. The molecule has 20 heavy (non-hydrogen) atoms. The van der Waals surface area contributed by atoms with E-state index in [4.69, 9.17) is 0 Å². The van der Waals surface area contributed by atoms with Gasteiger partial charge < -0.3 is 9.88 Å². The third-order valence-corrected chi connectivity index (χ3v) is 4.21. The number of nitrogens with zero attached hydrogens (tertiary/aromatic N) is 2. The second kappa shape index (κ2) is 4.47. The summed E-state index contributed by atoms with van der Waals surface area (Å²) in [6, 6.07) is 6.08. The number of aromatic nitrogens is 2. The molecule has 1 saturated carbocycles. The summed E-state index contributed by atoms with van der Waals surface area (Å²) in [5.74, 6) is 0.855. The van der Waals surface area contributed by atoms with E-state index < -0.39 is 0 Å². The minimum absolute atomic E-state index is 0.0658. The van der Waals surface area contributed by atoms with Gasteiger partial charge >= 0.3 is 0 Å². The molecule has 0 atom stereocenters. The van der Waals surface area contributed by atoms with Crippen molar-refractivity contribution in [2.75, 3.05) is 6.54 Å². The lowest BCUT2D eigenvalue weighted by atomic mass is 10.1. The molecule has 0 bridgehead atoms. The molecule has 1 aliphatic carbocycles. The lowest BCUT2D eigenvalue weighted by molar-refractivity contribution is 0.0945. The van der Waals surface area contributed by atoms with Crippen LogP contribution in [0.4, 0.5) is 0 Å². The normalized spacial score (nSPS) is 17.7. The quantitative estimate of drug-likeness (QED) is 0.927. The number of rotatable bonds is 3. The van der Waals surface area contributed by atoms with Crippen molar-refractivity contribution in [3.8, 4) is 11.3 Å². The van der Waals surface area contributed by atoms with Crippen LogP contribution in [0.1, 0.15) is 28.9 Å². The topological polar surface area (TPSA) is 46.9 Å². The first-order valence-corrected chi connectivity index (χ1v) is 7.24. The van der Waals surface area contributed by atoms with Gasteiger partial charge in [-0.1, -0.05) is 0 Å². The fraction of sp³-hybridized carbons (Fsp3) is 0.375. The van der Waals surface area contributed by atoms with E-state index >= 15 is 0 Å². The zero-order valence-electron chi connectivity index (χ0n) is 11.3. The van der Waals surface area contributed by atoms with Crippen molar-refractivity contribution in [1.29, 1.82) is 0 Å². The van der Waals surface area contributed by atoms with Gasteiger partial charge in [0, 0.05) is 48.9 Å². The van der Waals surface area contributed by atoms with Crippen molar-refractivity contribution in [2.24, 2.45) is 5.92 Å². The van der Waals surface area contributed by atoms with Crippen LogP contribution in [0, 0.1) is 5.92 Å². The number of carbonyl (C=O) groups is 1. The monoisotopic (exact) mass is 267 g/mol. The first-order chi connectivity index (χ1) is 9.83. The Morgan fingerprint density at radius 2 is 2.10 bits per heavy atom. The van der Waals surface area contributed by atoms with Crippen molar-refractivity contribution in [3.63, 3.8) is 0 Å². The zero-order valence-corrected chi connectivity index (χ0v) is 11.3. The molecule has 2 aromatic rings. The van der Waals surface area contributed by atoms with E-state index in [0.29, 0.717) is 0 Å². The summed E-state index contributed by atoms with van der Waals surface area (Å²) in [7, 11) is 0. The minimum atomic E-state index is 0.0658. The van der Waals surface area contributed by atoms with E-state index in [0.717, 1.165) is 42.2 Å². The minimum Gasteiger partial charge on any atom is -0.352 e. The summed E-state index contributed by atoms with van der Waals surface area (Å²) in [5.41, 5.74) is 4.35. The molecule has 1 fully saturated rings. The Morgan fingerprint density at radius 1 is 1.30 bits per heavy atom. The summed E-state index contributed by atoms with van der Waals surface area (Å²) < 4.78 is 2.36. The number of nitrogens with one attached hydrogen (secondary N) is 1. The average molecular weight is 267 g/mol. The van der Waals surface area contributed by atoms with Crippen LogP contribution in [-0.4, -0.2) is 22.0 Å². The van der Waals surface area contributed by atoms with Crippen LogP contribution >= 0.6 is 0 Å². The smallest absolute Gasteiger partial charge is 0.253 e. The van der Waals surface area contributed by atoms with Gasteiger partial charge in [-0.3, -0.25) is 9.78 Å². The van der Waals surface area contributed by atoms with Crippen LogP contribution in [0.15, 0.2) is 30.6 Å². The Labute approximate surface area is 117 Å². The molecule has 0 unspecified atom stereocenters. The number of hydrogen-bond donors (Lipinski definition) is 1. The second-order valence-electron chi connectivity index (χ2n) is 5.69. The fourth-order valence-electron chi connectivity index (χ4n) is 2.97. The molecule has 4 rings (SSSR count). The predicted octanol–water partition coefficient (Wildman–Crippen LogP) is 2.25. The standard InChI is InChI=1S/C16H17N3O/c20-16-13-9-15(12-3-6-17-7-4-12)19(10-11-1-2-11)14(13)5-8-18-16/h3-4,6-7,9,11H,1-2,5,8,10H2,(H,18,20). The summed E-state index contributed by atoms with van der Waals surface area (Å²) in [6.45, 7) is 1.79. The molecule has 1 amide bonds. The van der Waals surface area contributed by atoms with Gasteiger partial charge in [0.1, 0.15) is 0 Å². The van der Waals surface area contributed by atoms with Crippen molar-refractivity contribution in [1.82, 2.24) is 14.9 Å². The van der Waals surface area contributed by atoms with Crippen molar-refractivity contribution in [3.05, 3.63) is 41.9 Å². The Hall–Kier alpha value is -2.10. The van der Waals surface area contributed by atoms with Crippen LogP contribution in [0.2, 0.25) is 0 Å². The average Bonchev–Trinajstić information content (AvgIpc) is 3.21. The lowest BCUT2D eigenvalue weighted by Gasteiger charge is -2.17. The molecule has 102 valence electrons. The number of carbonyl (C=O) groups excluding carboxylic acids is 1. The van der Waals surface area contributed by atoms with Gasteiger partial charge in [-0.25, -0.2) is 0 Å². The molecule has 2 aromatic heterocycles. The van der Waals surface area contributed by atoms with E-state index in [2.05, 4.69) is 14.9 Å². The predicted molar refractivity (Wildman–Crippen MR) is 76.4 cm³/mol. The molecule has 2 aliphatic rings. The second-order valence-corrected chi connectivity index (χ2v) is 5.69. The summed E-state index contributed by atoms with van der Waals surface area (Å²) in [6.07, 6.45) is 7.18. The van der Waals surface area contributed by atoms with Gasteiger partial charge in [-0.2, -0.15) is 0 Å². The molecule has 0 radical (unpaired) electrons. The molecule has 4 nitrogen and oxygen atoms in total. The third-order valence-electron chi connectivity index (χ3n) is 4.21. The Morgan fingerprint density at radius 3 is 2.85 bits per heavy atom. The van der Waals surface area contributed by atoms with Crippen molar-refractivity contribution < 1.29 is 4.79 Å². The van der Waals surface area contributed by atoms with Gasteiger partial charge in [0.15, 0.2) is 0 Å². The molecule has 4 heteroatoms. The largest absolute Gasteiger partial charge is 0.352 e. The van der Waals surface area contributed by atoms with Crippen LogP contribution in [0.25, 0.3) is 11.3 Å². The summed E-state index contributed by atoms with van der Waals surface area (Å²) in [5, 5.41) is 2.93. The van der Waals surface area contributed by atoms with Crippen LogP contribution in [0.5, 0.6) is 0 Å². The molecule has 1 aliphatic heterocycles. The van der Waals surface area contributed by atoms with Gasteiger partial charge in [0.05, 0.1) is 5.56 Å². The summed E-state index contributed by atoms with van der Waals surface area (Å²) >= 11 is 0. The van der Waals surface area contributed by atoms with Gasteiger partial charge in [-0.05, 0) is 37.0 Å². The number of pyridine rings is 1. The molecule has 0 spiro atoms. The van der Waals surface area contributed by atoms with Crippen molar-refractivity contribution >= 4 is 5.91 Å². The Balaban J connectivity index is 1.86. The van der Waals surface area contributed by atoms with E-state index in [-0.39, 0.29) is 5.91 Å². The van der Waals surface area contributed by atoms with Crippen LogP contribution < -0.4 is 5.32 Å². The highest BCUT2D eigenvalue weighted by molar-refractivity contribution is 5.98. The van der Waals surface area contributed by atoms with Gasteiger partial charge in [0.25, 0.3) is 5.91 Å². The van der Waals surface area contributed by atoms with E-state index in [1.807, 2.05) is 30.6 Å². The lowest BCUT2D eigenvalue weighted by Crippen LogP contribution is -2.32. The first-order valence-electron chi connectivity index (χ1n) is 7.24. The van der Waals surface area contributed by atoms with Gasteiger partial charge in [0.2, 0.25) is 0 Å². The maximum absolute atomic E-state index is 12.0. The van der Waals surface area contributed by atoms with E-state index in [9.17, 15) is 4.79 Å². The first kappa shape index (κ1) is 11.7. The Kier molecular flexibility index (Phi) is 2.62. The SMILES string of the molecule is O=C1NCCc2c1cc(-c1ccncc1)n2CC1CC1. The Bertz CT molecular complexity index is 656. The molecular weight excluding hydrogens is 250 g/mol. The number of fused-ring (bicyclic) bond motifs is 1.